The van der Waals surface area contributed by atoms with E-state index in [1.807, 2.05) is 13.8 Å². The summed E-state index contributed by atoms with van der Waals surface area (Å²) in [6, 6.07) is 5.19. The molecule has 2 fully saturated rings. The molecule has 2 unspecified atom stereocenters. The molecule has 1 aromatic carbocycles. The Morgan fingerprint density at radius 2 is 1.91 bits per heavy atom. The molecule has 0 radical (unpaired) electrons. The Morgan fingerprint density at radius 3 is 2.65 bits per heavy atom. The molecule has 6 rings (SSSR count). The van der Waals surface area contributed by atoms with Crippen LogP contribution in [0, 0.1) is 19.7 Å². The number of piperidine rings is 1. The molecule has 0 N–H and O–H groups in total. The van der Waals surface area contributed by atoms with Crippen LogP contribution >= 0.6 is 11.6 Å². The molecule has 3 aliphatic rings. The van der Waals surface area contributed by atoms with Crippen LogP contribution in [0.5, 0.6) is 5.75 Å². The number of carbonyl (C=O) groups excluding carboxylic acids is 1. The lowest BCUT2D eigenvalue weighted by Crippen LogP contribution is -2.44. The maximum absolute atomic E-state index is 14.2. The van der Waals surface area contributed by atoms with E-state index in [0.29, 0.717) is 41.5 Å². The second kappa shape index (κ2) is 7.92. The number of hydrogen-bond donors (Lipinski definition) is 0. The molecular formula is C25H27ClFN5O2. The summed E-state index contributed by atoms with van der Waals surface area (Å²) >= 11 is 6.34. The molecule has 178 valence electrons. The summed E-state index contributed by atoms with van der Waals surface area (Å²) in [5.74, 6) is -0.268. The number of aromatic nitrogens is 3. The van der Waals surface area contributed by atoms with Crippen LogP contribution in [-0.4, -0.2) is 55.5 Å². The summed E-state index contributed by atoms with van der Waals surface area (Å²) in [5.41, 5.74) is 4.41. The lowest BCUT2D eigenvalue weighted by Gasteiger charge is -2.36. The van der Waals surface area contributed by atoms with Gasteiger partial charge in [0.1, 0.15) is 17.7 Å². The van der Waals surface area contributed by atoms with Crippen molar-refractivity contribution in [1.29, 1.82) is 0 Å². The molecule has 0 spiro atoms. The number of benzene rings is 1. The number of rotatable bonds is 3. The molecule has 0 saturated carbocycles. The first-order valence-electron chi connectivity index (χ1n) is 11.8. The zero-order valence-corrected chi connectivity index (χ0v) is 20.3. The van der Waals surface area contributed by atoms with Crippen molar-refractivity contribution in [2.24, 2.45) is 0 Å². The summed E-state index contributed by atoms with van der Waals surface area (Å²) in [7, 11) is 2.17. The van der Waals surface area contributed by atoms with Gasteiger partial charge in [0, 0.05) is 23.7 Å². The van der Waals surface area contributed by atoms with Crippen molar-refractivity contribution in [3.05, 3.63) is 57.2 Å². The van der Waals surface area contributed by atoms with E-state index < -0.39 is 5.82 Å². The number of halogens is 2. The van der Waals surface area contributed by atoms with Gasteiger partial charge in [-0.25, -0.2) is 13.9 Å². The minimum Gasteiger partial charge on any atom is -0.489 e. The predicted octanol–water partition coefficient (Wildman–Crippen LogP) is 4.30. The minimum absolute atomic E-state index is 0.0121. The molecule has 2 aromatic heterocycles. The predicted molar refractivity (Wildman–Crippen MR) is 126 cm³/mol. The van der Waals surface area contributed by atoms with E-state index in [4.69, 9.17) is 16.3 Å². The van der Waals surface area contributed by atoms with Crippen molar-refractivity contribution < 1.29 is 13.9 Å². The van der Waals surface area contributed by atoms with Crippen LogP contribution in [0.4, 0.5) is 4.39 Å². The molecular weight excluding hydrogens is 457 g/mol. The number of hydrogen-bond acceptors (Lipinski definition) is 5. The van der Waals surface area contributed by atoms with Gasteiger partial charge in [0.25, 0.3) is 5.91 Å². The highest BCUT2D eigenvalue weighted by Gasteiger charge is 2.40. The largest absolute Gasteiger partial charge is 0.489 e. The normalized spacial score (nSPS) is 24.1. The SMILES string of the molecule is Cc1nc2c3c(nn2c(C)c1Cl)CN(C(=O)c1ccc(F)cc1OC1CC2CCC(C1)N2C)C3. The van der Waals surface area contributed by atoms with Crippen LogP contribution < -0.4 is 4.74 Å². The first-order chi connectivity index (χ1) is 16.3. The van der Waals surface area contributed by atoms with E-state index in [1.165, 1.54) is 31.0 Å². The Labute approximate surface area is 202 Å². The summed E-state index contributed by atoms with van der Waals surface area (Å²) in [6.07, 6.45) is 4.12. The zero-order valence-electron chi connectivity index (χ0n) is 19.5. The van der Waals surface area contributed by atoms with Gasteiger partial charge in [-0.2, -0.15) is 5.10 Å². The smallest absolute Gasteiger partial charge is 0.258 e. The summed E-state index contributed by atoms with van der Waals surface area (Å²) < 4.78 is 22.2. The quantitative estimate of drug-likeness (QED) is 0.556. The average molecular weight is 484 g/mol. The maximum atomic E-state index is 14.2. The van der Waals surface area contributed by atoms with Gasteiger partial charge in [-0.3, -0.25) is 4.79 Å². The first kappa shape index (κ1) is 21.8. The van der Waals surface area contributed by atoms with Crippen molar-refractivity contribution in [1.82, 2.24) is 24.4 Å². The molecule has 2 saturated heterocycles. The number of amides is 1. The molecule has 7 nitrogen and oxygen atoms in total. The van der Waals surface area contributed by atoms with Crippen molar-refractivity contribution in [3.63, 3.8) is 0 Å². The Morgan fingerprint density at radius 1 is 1.18 bits per heavy atom. The number of ether oxygens (including phenoxy) is 1. The summed E-state index contributed by atoms with van der Waals surface area (Å²) in [6.45, 7) is 4.53. The molecule has 1 amide bonds. The molecule has 2 atom stereocenters. The van der Waals surface area contributed by atoms with Gasteiger partial charge in [-0.1, -0.05) is 11.6 Å². The number of aryl methyl sites for hydroxylation is 2. The monoisotopic (exact) mass is 483 g/mol. The fourth-order valence-corrected chi connectivity index (χ4v) is 5.96. The maximum Gasteiger partial charge on any atom is 0.258 e. The third kappa shape index (κ3) is 3.38. The standard InChI is InChI=1S/C25H27ClFN5O2/c1-13-23(26)14(2)32-24(28-13)20-11-31(12-21(20)29-32)25(33)19-7-4-15(27)8-22(19)34-18-9-16-5-6-17(10-18)30(16)3/h4,7-8,16-18H,5-6,9-12H2,1-3H3. The van der Waals surface area contributed by atoms with E-state index in [1.54, 1.807) is 9.42 Å². The van der Waals surface area contributed by atoms with Crippen LogP contribution in [-0.2, 0) is 13.1 Å². The van der Waals surface area contributed by atoms with Crippen LogP contribution in [0.1, 0.15) is 58.7 Å². The molecule has 5 heterocycles. The zero-order chi connectivity index (χ0) is 23.7. The highest BCUT2D eigenvalue weighted by atomic mass is 35.5. The van der Waals surface area contributed by atoms with Crippen LogP contribution in [0.25, 0.3) is 5.65 Å². The van der Waals surface area contributed by atoms with Gasteiger partial charge in [0.15, 0.2) is 5.65 Å². The fraction of sp³-hybridized carbons (Fsp3) is 0.480. The molecule has 9 heteroatoms. The summed E-state index contributed by atoms with van der Waals surface area (Å²) in [4.78, 5) is 22.3. The van der Waals surface area contributed by atoms with Gasteiger partial charge in [-0.15, -0.1) is 0 Å². The fourth-order valence-electron chi connectivity index (χ4n) is 5.83. The summed E-state index contributed by atoms with van der Waals surface area (Å²) in [5, 5.41) is 5.26. The highest BCUT2D eigenvalue weighted by Crippen LogP contribution is 2.37. The lowest BCUT2D eigenvalue weighted by atomic mass is 10.0. The van der Waals surface area contributed by atoms with Crippen molar-refractivity contribution in [2.75, 3.05) is 7.05 Å². The topological polar surface area (TPSA) is 63.0 Å². The average Bonchev–Trinajstić information content (AvgIpc) is 3.41. The second-order valence-corrected chi connectivity index (χ2v) is 10.2. The Balaban J connectivity index is 1.26. The van der Waals surface area contributed by atoms with E-state index in [-0.39, 0.29) is 12.0 Å². The van der Waals surface area contributed by atoms with Gasteiger partial charge in [-0.05, 0) is 58.7 Å². The Bertz CT molecular complexity index is 1310. The van der Waals surface area contributed by atoms with Gasteiger partial charge in [0.2, 0.25) is 0 Å². The van der Waals surface area contributed by atoms with Crippen LogP contribution in [0.15, 0.2) is 18.2 Å². The van der Waals surface area contributed by atoms with E-state index >= 15 is 0 Å². The second-order valence-electron chi connectivity index (χ2n) is 9.82. The third-order valence-electron chi connectivity index (χ3n) is 7.77. The van der Waals surface area contributed by atoms with Crippen molar-refractivity contribution in [3.8, 4) is 5.75 Å². The van der Waals surface area contributed by atoms with Crippen LogP contribution in [0.3, 0.4) is 0 Å². The van der Waals surface area contributed by atoms with E-state index in [2.05, 4.69) is 22.0 Å². The lowest BCUT2D eigenvalue weighted by molar-refractivity contribution is 0.0622. The molecule has 34 heavy (non-hydrogen) atoms. The highest BCUT2D eigenvalue weighted by molar-refractivity contribution is 6.31. The van der Waals surface area contributed by atoms with Crippen molar-refractivity contribution in [2.45, 2.75) is 70.8 Å². The van der Waals surface area contributed by atoms with Gasteiger partial charge < -0.3 is 14.5 Å². The van der Waals surface area contributed by atoms with E-state index in [0.717, 1.165) is 41.1 Å². The van der Waals surface area contributed by atoms with Crippen molar-refractivity contribution >= 4 is 23.2 Å². The molecule has 3 aliphatic heterocycles. The molecule has 3 aromatic rings. The molecule has 2 bridgehead atoms. The first-order valence-corrected chi connectivity index (χ1v) is 12.2. The van der Waals surface area contributed by atoms with Gasteiger partial charge in [0.05, 0.1) is 40.8 Å². The van der Waals surface area contributed by atoms with E-state index in [9.17, 15) is 9.18 Å². The van der Waals surface area contributed by atoms with Crippen LogP contribution in [0.2, 0.25) is 5.02 Å². The Hall–Kier alpha value is -2.71. The number of fused-ring (bicyclic) bond motifs is 5. The Kier molecular flexibility index (Phi) is 5.08. The van der Waals surface area contributed by atoms with Gasteiger partial charge >= 0.3 is 0 Å². The number of carbonyl (C=O) groups is 1. The number of nitrogens with zero attached hydrogens (tertiary/aromatic N) is 5. The minimum atomic E-state index is -0.406. The molecule has 0 aliphatic carbocycles. The third-order valence-corrected chi connectivity index (χ3v) is 8.31.